The van der Waals surface area contributed by atoms with Crippen LogP contribution < -0.4 is 14.8 Å². The maximum atomic E-state index is 12.3. The van der Waals surface area contributed by atoms with Gasteiger partial charge in [0.15, 0.2) is 23.9 Å². The molecule has 0 spiro atoms. The van der Waals surface area contributed by atoms with Gasteiger partial charge in [-0.15, -0.1) is 0 Å². The zero-order valence-corrected chi connectivity index (χ0v) is 15.1. The first-order valence-electron chi connectivity index (χ1n) is 8.56. The van der Waals surface area contributed by atoms with Crippen LogP contribution in [0.2, 0.25) is 0 Å². The molecular weight excluding hydrogens is 368 g/mol. The van der Waals surface area contributed by atoms with Gasteiger partial charge in [-0.1, -0.05) is 0 Å². The third-order valence-corrected chi connectivity index (χ3v) is 4.10. The maximum absolute atomic E-state index is 12.3. The molecule has 0 atom stereocenters. The molecule has 1 aliphatic rings. The molecule has 0 aromatic heterocycles. The van der Waals surface area contributed by atoms with Gasteiger partial charge in [-0.2, -0.15) is 0 Å². The second kappa shape index (κ2) is 8.38. The van der Waals surface area contributed by atoms with Gasteiger partial charge in [0, 0.05) is 25.1 Å². The summed E-state index contributed by atoms with van der Waals surface area (Å²) < 4.78 is 16.1. The van der Waals surface area contributed by atoms with Crippen molar-refractivity contribution >= 4 is 23.1 Å². The maximum Gasteiger partial charge on any atom is 0.338 e. The lowest BCUT2D eigenvalue weighted by molar-refractivity contribution is -0.384. The number of nitrogens with zero attached hydrogens (tertiary/aromatic N) is 1. The van der Waals surface area contributed by atoms with E-state index in [2.05, 4.69) is 5.32 Å². The minimum Gasteiger partial charge on any atom is -0.490 e. The van der Waals surface area contributed by atoms with Crippen molar-refractivity contribution in [2.75, 3.05) is 32.2 Å². The number of nitro groups is 1. The van der Waals surface area contributed by atoms with Crippen LogP contribution in [0.5, 0.6) is 11.5 Å². The van der Waals surface area contributed by atoms with Crippen LogP contribution in [-0.4, -0.2) is 43.5 Å². The van der Waals surface area contributed by atoms with Crippen LogP contribution in [0.4, 0.5) is 11.4 Å². The van der Waals surface area contributed by atoms with E-state index in [4.69, 9.17) is 14.2 Å². The molecule has 1 N–H and O–H groups in total. The lowest BCUT2D eigenvalue weighted by Gasteiger charge is -2.09. The number of Topliss-reactive ketones (excluding diaryl/α,β-unsaturated/α-hetero) is 1. The van der Waals surface area contributed by atoms with E-state index in [1.54, 1.807) is 18.2 Å². The number of ketones is 1. The van der Waals surface area contributed by atoms with Gasteiger partial charge in [0.25, 0.3) is 5.69 Å². The minimum atomic E-state index is -0.826. The highest BCUT2D eigenvalue weighted by Gasteiger charge is 2.19. The molecule has 146 valence electrons. The molecule has 9 heteroatoms. The SMILES string of the molecule is CNc1ccc(C(=O)OCC(=O)c2ccc3c(c2)OCCCO3)cc1[N+](=O)[O-]. The topological polar surface area (TPSA) is 117 Å². The van der Waals surface area contributed by atoms with Crippen molar-refractivity contribution in [1.82, 2.24) is 0 Å². The van der Waals surface area contributed by atoms with E-state index in [9.17, 15) is 19.7 Å². The summed E-state index contributed by atoms with van der Waals surface area (Å²) in [5, 5.41) is 13.8. The number of hydrogen-bond donors (Lipinski definition) is 1. The van der Waals surface area contributed by atoms with Crippen molar-refractivity contribution in [2.24, 2.45) is 0 Å². The Kier molecular flexibility index (Phi) is 5.73. The average molecular weight is 386 g/mol. The second-order valence-electron chi connectivity index (χ2n) is 5.95. The van der Waals surface area contributed by atoms with E-state index < -0.39 is 23.3 Å². The van der Waals surface area contributed by atoms with Crippen LogP contribution in [0, 0.1) is 10.1 Å². The fraction of sp³-hybridized carbons (Fsp3) is 0.263. The molecule has 9 nitrogen and oxygen atoms in total. The summed E-state index contributed by atoms with van der Waals surface area (Å²) in [5.74, 6) is -0.227. The van der Waals surface area contributed by atoms with Crippen molar-refractivity contribution in [2.45, 2.75) is 6.42 Å². The monoisotopic (exact) mass is 386 g/mol. The van der Waals surface area contributed by atoms with Crippen LogP contribution in [0.3, 0.4) is 0 Å². The van der Waals surface area contributed by atoms with Gasteiger partial charge >= 0.3 is 5.97 Å². The number of ether oxygens (including phenoxy) is 3. The predicted octanol–water partition coefficient (Wildman–Crippen LogP) is 2.84. The summed E-state index contributed by atoms with van der Waals surface area (Å²) >= 11 is 0. The van der Waals surface area contributed by atoms with E-state index in [1.165, 1.54) is 19.2 Å². The molecule has 0 saturated carbocycles. The first kappa shape index (κ1) is 19.2. The molecule has 0 unspecified atom stereocenters. The number of hydrogen-bond acceptors (Lipinski definition) is 8. The molecule has 2 aromatic carbocycles. The summed E-state index contributed by atoms with van der Waals surface area (Å²) in [6.07, 6.45) is 0.744. The summed E-state index contributed by atoms with van der Waals surface area (Å²) in [5.41, 5.74) is 0.307. The van der Waals surface area contributed by atoms with E-state index in [0.717, 1.165) is 12.5 Å². The largest absolute Gasteiger partial charge is 0.490 e. The summed E-state index contributed by atoms with van der Waals surface area (Å²) in [7, 11) is 1.54. The van der Waals surface area contributed by atoms with Crippen molar-refractivity contribution in [3.63, 3.8) is 0 Å². The first-order valence-corrected chi connectivity index (χ1v) is 8.56. The molecule has 2 aromatic rings. The first-order chi connectivity index (χ1) is 13.5. The van der Waals surface area contributed by atoms with Gasteiger partial charge < -0.3 is 19.5 Å². The number of esters is 1. The van der Waals surface area contributed by atoms with Gasteiger partial charge in [0.05, 0.1) is 23.7 Å². The highest BCUT2D eigenvalue weighted by atomic mass is 16.6. The number of carbonyl (C=O) groups is 2. The summed E-state index contributed by atoms with van der Waals surface area (Å²) in [4.78, 5) is 35.0. The summed E-state index contributed by atoms with van der Waals surface area (Å²) in [6, 6.07) is 8.64. The molecule has 1 aliphatic heterocycles. The Morgan fingerprint density at radius 1 is 1.11 bits per heavy atom. The number of anilines is 1. The highest BCUT2D eigenvalue weighted by Crippen LogP contribution is 2.30. The average Bonchev–Trinajstić information content (AvgIpc) is 2.95. The van der Waals surface area contributed by atoms with Crippen LogP contribution in [0.15, 0.2) is 36.4 Å². The van der Waals surface area contributed by atoms with Crippen molar-refractivity contribution < 1.29 is 28.7 Å². The Morgan fingerprint density at radius 2 is 1.82 bits per heavy atom. The molecule has 0 fully saturated rings. The van der Waals surface area contributed by atoms with Gasteiger partial charge in [-0.05, 0) is 30.3 Å². The van der Waals surface area contributed by atoms with E-state index in [1.807, 2.05) is 0 Å². The molecule has 0 radical (unpaired) electrons. The van der Waals surface area contributed by atoms with Crippen molar-refractivity contribution in [1.29, 1.82) is 0 Å². The van der Waals surface area contributed by atoms with Crippen LogP contribution in [0.25, 0.3) is 0 Å². The number of nitrogens with one attached hydrogen (secondary N) is 1. The van der Waals surface area contributed by atoms with Crippen LogP contribution >= 0.6 is 0 Å². The predicted molar refractivity (Wildman–Crippen MR) is 99.3 cm³/mol. The lowest BCUT2D eigenvalue weighted by Crippen LogP contribution is -2.14. The van der Waals surface area contributed by atoms with Crippen molar-refractivity contribution in [3.05, 3.63) is 57.6 Å². The Morgan fingerprint density at radius 3 is 2.54 bits per heavy atom. The van der Waals surface area contributed by atoms with Gasteiger partial charge in [0.2, 0.25) is 0 Å². The smallest absolute Gasteiger partial charge is 0.338 e. The van der Waals surface area contributed by atoms with Gasteiger partial charge in [-0.3, -0.25) is 14.9 Å². The quantitative estimate of drug-likeness (QED) is 0.349. The van der Waals surface area contributed by atoms with E-state index in [-0.39, 0.29) is 16.9 Å². The fourth-order valence-corrected chi connectivity index (χ4v) is 2.66. The Balaban J connectivity index is 1.68. The second-order valence-corrected chi connectivity index (χ2v) is 5.95. The number of nitro benzene ring substituents is 1. The van der Waals surface area contributed by atoms with E-state index in [0.29, 0.717) is 30.3 Å². The number of carbonyl (C=O) groups excluding carboxylic acids is 2. The zero-order valence-electron chi connectivity index (χ0n) is 15.1. The standard InChI is InChI=1S/C19H18N2O7/c1-20-14-5-3-13(9-15(14)21(24)25)19(23)28-11-16(22)12-4-6-17-18(10-12)27-8-2-7-26-17/h3-6,9-10,20H,2,7-8,11H2,1H3. The molecule has 0 bridgehead atoms. The van der Waals surface area contributed by atoms with Crippen molar-refractivity contribution in [3.8, 4) is 11.5 Å². The number of benzene rings is 2. The normalized spacial score (nSPS) is 12.6. The van der Waals surface area contributed by atoms with Crippen LogP contribution in [0.1, 0.15) is 27.1 Å². The van der Waals surface area contributed by atoms with Gasteiger partial charge in [-0.25, -0.2) is 4.79 Å². The fourth-order valence-electron chi connectivity index (χ4n) is 2.66. The Hall–Kier alpha value is -3.62. The molecule has 3 rings (SSSR count). The zero-order chi connectivity index (χ0) is 20.1. The summed E-state index contributed by atoms with van der Waals surface area (Å²) in [6.45, 7) is 0.525. The molecule has 0 amide bonds. The third kappa shape index (κ3) is 4.20. The number of rotatable bonds is 6. The molecule has 0 aliphatic carbocycles. The van der Waals surface area contributed by atoms with E-state index >= 15 is 0 Å². The molecule has 28 heavy (non-hydrogen) atoms. The number of fused-ring (bicyclic) bond motifs is 1. The minimum absolute atomic E-state index is 0.0165. The highest BCUT2D eigenvalue weighted by molar-refractivity contribution is 6.00. The Bertz CT molecular complexity index is 926. The van der Waals surface area contributed by atoms with Crippen LogP contribution in [-0.2, 0) is 4.74 Å². The molecule has 1 heterocycles. The van der Waals surface area contributed by atoms with Gasteiger partial charge in [0.1, 0.15) is 5.69 Å². The Labute approximate surface area is 160 Å². The molecular formula is C19H18N2O7. The lowest BCUT2D eigenvalue weighted by atomic mass is 10.1. The third-order valence-electron chi connectivity index (χ3n) is 4.10. The molecule has 0 saturated heterocycles.